The van der Waals surface area contributed by atoms with Crippen LogP contribution in [0, 0.1) is 5.92 Å². The van der Waals surface area contributed by atoms with E-state index in [0.717, 1.165) is 32.1 Å². The zero-order chi connectivity index (χ0) is 22.8. The molecule has 33 heavy (non-hydrogen) atoms. The van der Waals surface area contributed by atoms with E-state index in [2.05, 4.69) is 14.6 Å². The molecule has 0 unspecified atom stereocenters. The molecule has 2 heterocycles. The number of hydrogen-bond acceptors (Lipinski definition) is 5. The van der Waals surface area contributed by atoms with Gasteiger partial charge in [0.2, 0.25) is 0 Å². The second kappa shape index (κ2) is 9.27. The van der Waals surface area contributed by atoms with Gasteiger partial charge in [-0.15, -0.1) is 4.40 Å². The van der Waals surface area contributed by atoms with Crippen molar-refractivity contribution in [3.63, 3.8) is 0 Å². The largest absolute Gasteiger partial charge is 0.339 e. The first kappa shape index (κ1) is 22.1. The van der Waals surface area contributed by atoms with Crippen LogP contribution in [0.4, 0.5) is 5.69 Å². The number of carbonyl (C=O) groups is 1. The fraction of sp³-hybridized carbons (Fsp3) is 0.440. The van der Waals surface area contributed by atoms with Gasteiger partial charge in [-0.2, -0.15) is 8.42 Å². The van der Waals surface area contributed by atoms with Crippen molar-refractivity contribution >= 4 is 27.5 Å². The summed E-state index contributed by atoms with van der Waals surface area (Å²) in [5.74, 6) is 1.18. The normalized spacial score (nSPS) is 20.8. The molecule has 2 fully saturated rings. The van der Waals surface area contributed by atoms with Gasteiger partial charge in [0.25, 0.3) is 15.9 Å². The molecule has 2 aromatic rings. The first-order chi connectivity index (χ1) is 16.0. The SMILES string of the molecule is O=C(c1ccc(NC2=NS(=O)(=O)c3ccccc32)cc1)N1CCN(CC2CCCCC2)CC1. The number of rotatable bonds is 4. The van der Waals surface area contributed by atoms with Gasteiger partial charge in [-0.05, 0) is 55.2 Å². The Morgan fingerprint density at radius 2 is 1.64 bits per heavy atom. The summed E-state index contributed by atoms with van der Waals surface area (Å²) in [5, 5.41) is 3.08. The summed E-state index contributed by atoms with van der Waals surface area (Å²) in [7, 11) is -3.66. The minimum atomic E-state index is -3.66. The van der Waals surface area contributed by atoms with Crippen molar-refractivity contribution in [2.24, 2.45) is 10.3 Å². The lowest BCUT2D eigenvalue weighted by Crippen LogP contribution is -2.49. The minimum Gasteiger partial charge on any atom is -0.339 e. The lowest BCUT2D eigenvalue weighted by Gasteiger charge is -2.37. The van der Waals surface area contributed by atoms with Crippen molar-refractivity contribution in [3.05, 3.63) is 59.7 Å². The number of benzene rings is 2. The Kier molecular flexibility index (Phi) is 6.21. The predicted octanol–water partition coefficient (Wildman–Crippen LogP) is 3.59. The Hall–Kier alpha value is -2.71. The third kappa shape index (κ3) is 4.82. The van der Waals surface area contributed by atoms with E-state index in [0.29, 0.717) is 22.6 Å². The van der Waals surface area contributed by atoms with Crippen LogP contribution in [-0.4, -0.2) is 62.7 Å². The molecule has 1 saturated heterocycles. The molecule has 1 N–H and O–H groups in total. The van der Waals surface area contributed by atoms with Gasteiger partial charge in [-0.25, -0.2) is 0 Å². The summed E-state index contributed by atoms with van der Waals surface area (Å²) in [4.78, 5) is 17.6. The molecule has 174 valence electrons. The van der Waals surface area contributed by atoms with Crippen molar-refractivity contribution in [2.75, 3.05) is 38.0 Å². The number of hydrogen-bond donors (Lipinski definition) is 1. The molecular weight excluding hydrogens is 436 g/mol. The van der Waals surface area contributed by atoms with E-state index in [-0.39, 0.29) is 10.8 Å². The Morgan fingerprint density at radius 1 is 0.939 bits per heavy atom. The zero-order valence-electron chi connectivity index (χ0n) is 18.7. The number of anilines is 1. The smallest absolute Gasteiger partial charge is 0.285 e. The molecule has 0 atom stereocenters. The van der Waals surface area contributed by atoms with E-state index < -0.39 is 10.0 Å². The van der Waals surface area contributed by atoms with Crippen molar-refractivity contribution in [2.45, 2.75) is 37.0 Å². The number of amidine groups is 1. The molecule has 0 aromatic heterocycles. The maximum absolute atomic E-state index is 13.0. The number of amides is 1. The monoisotopic (exact) mass is 466 g/mol. The average molecular weight is 467 g/mol. The number of carbonyl (C=O) groups excluding carboxylic acids is 1. The van der Waals surface area contributed by atoms with Crippen LogP contribution < -0.4 is 5.32 Å². The Labute approximate surface area is 195 Å². The molecule has 0 spiro atoms. The fourth-order valence-corrected chi connectivity index (χ4v) is 6.26. The highest BCUT2D eigenvalue weighted by molar-refractivity contribution is 7.90. The van der Waals surface area contributed by atoms with Crippen LogP contribution in [0.2, 0.25) is 0 Å². The molecule has 1 aliphatic carbocycles. The van der Waals surface area contributed by atoms with Gasteiger partial charge in [-0.1, -0.05) is 31.4 Å². The minimum absolute atomic E-state index is 0.0463. The first-order valence-corrected chi connectivity index (χ1v) is 13.3. The lowest BCUT2D eigenvalue weighted by molar-refractivity contribution is 0.0606. The molecular formula is C25H30N4O3S. The number of nitrogens with zero attached hydrogens (tertiary/aromatic N) is 3. The third-order valence-electron chi connectivity index (χ3n) is 6.93. The summed E-state index contributed by atoms with van der Waals surface area (Å²) in [5.41, 5.74) is 1.89. The molecule has 3 aliphatic rings. The molecule has 0 bridgehead atoms. The van der Waals surface area contributed by atoms with Gasteiger partial charge >= 0.3 is 0 Å². The summed E-state index contributed by atoms with van der Waals surface area (Å²) < 4.78 is 28.3. The van der Waals surface area contributed by atoms with E-state index in [1.54, 1.807) is 48.5 Å². The number of piperazine rings is 1. The molecule has 8 heteroatoms. The maximum Gasteiger partial charge on any atom is 0.285 e. The van der Waals surface area contributed by atoms with Crippen molar-refractivity contribution in [1.82, 2.24) is 9.80 Å². The van der Waals surface area contributed by atoms with Gasteiger partial charge in [-0.3, -0.25) is 9.69 Å². The van der Waals surface area contributed by atoms with Gasteiger partial charge in [0.15, 0.2) is 5.84 Å². The van der Waals surface area contributed by atoms with Crippen molar-refractivity contribution < 1.29 is 13.2 Å². The number of nitrogens with one attached hydrogen (secondary N) is 1. The van der Waals surface area contributed by atoms with E-state index >= 15 is 0 Å². The molecule has 5 rings (SSSR count). The van der Waals surface area contributed by atoms with Crippen LogP contribution in [0.3, 0.4) is 0 Å². The third-order valence-corrected chi connectivity index (χ3v) is 8.26. The van der Waals surface area contributed by atoms with Crippen LogP contribution >= 0.6 is 0 Å². The molecule has 0 radical (unpaired) electrons. The summed E-state index contributed by atoms with van der Waals surface area (Å²) in [6, 6.07) is 13.9. The Balaban J connectivity index is 1.18. The quantitative estimate of drug-likeness (QED) is 0.745. The summed E-state index contributed by atoms with van der Waals surface area (Å²) in [6.07, 6.45) is 6.81. The van der Waals surface area contributed by atoms with Crippen molar-refractivity contribution in [1.29, 1.82) is 0 Å². The Morgan fingerprint density at radius 3 is 2.36 bits per heavy atom. The zero-order valence-corrected chi connectivity index (χ0v) is 19.6. The summed E-state index contributed by atoms with van der Waals surface area (Å²) >= 11 is 0. The highest BCUT2D eigenvalue weighted by Gasteiger charge is 2.29. The van der Waals surface area contributed by atoms with Crippen LogP contribution in [0.1, 0.15) is 48.0 Å². The Bertz CT molecular complexity index is 1150. The number of sulfonamides is 1. The topological polar surface area (TPSA) is 82.1 Å². The van der Waals surface area contributed by atoms with Crippen LogP contribution in [0.5, 0.6) is 0 Å². The standard InChI is InChI=1S/C25H30N4O3S/c30-25(29-16-14-28(15-17-29)18-19-6-2-1-3-7-19)20-10-12-21(13-11-20)26-24-22-8-4-5-9-23(22)33(31,32)27-24/h4-5,8-13,19H,1-3,6-7,14-18H2,(H,26,27). The molecule has 1 saturated carbocycles. The second-order valence-electron chi connectivity index (χ2n) is 9.21. The number of fused-ring (bicyclic) bond motifs is 1. The van der Waals surface area contributed by atoms with Gasteiger partial charge in [0.1, 0.15) is 4.90 Å². The predicted molar refractivity (Wildman–Crippen MR) is 129 cm³/mol. The van der Waals surface area contributed by atoms with E-state index in [1.807, 2.05) is 4.90 Å². The highest BCUT2D eigenvalue weighted by atomic mass is 32.2. The van der Waals surface area contributed by atoms with Gasteiger partial charge in [0, 0.05) is 49.5 Å². The maximum atomic E-state index is 13.0. The molecule has 7 nitrogen and oxygen atoms in total. The molecule has 2 aromatic carbocycles. The van der Waals surface area contributed by atoms with E-state index in [1.165, 1.54) is 38.6 Å². The summed E-state index contributed by atoms with van der Waals surface area (Å²) in [6.45, 7) is 4.57. The van der Waals surface area contributed by atoms with E-state index in [9.17, 15) is 13.2 Å². The van der Waals surface area contributed by atoms with E-state index in [4.69, 9.17) is 0 Å². The van der Waals surface area contributed by atoms with Crippen LogP contribution in [0.25, 0.3) is 0 Å². The fourth-order valence-electron chi connectivity index (χ4n) is 5.08. The highest BCUT2D eigenvalue weighted by Crippen LogP contribution is 2.27. The first-order valence-electron chi connectivity index (χ1n) is 11.8. The van der Waals surface area contributed by atoms with Crippen LogP contribution in [-0.2, 0) is 10.0 Å². The van der Waals surface area contributed by atoms with Crippen molar-refractivity contribution in [3.8, 4) is 0 Å². The average Bonchev–Trinajstić information content (AvgIpc) is 3.10. The second-order valence-corrected chi connectivity index (χ2v) is 10.8. The van der Waals surface area contributed by atoms with Gasteiger partial charge < -0.3 is 10.2 Å². The van der Waals surface area contributed by atoms with Gasteiger partial charge in [0.05, 0.1) is 0 Å². The molecule has 1 amide bonds. The lowest BCUT2D eigenvalue weighted by atomic mass is 9.89. The van der Waals surface area contributed by atoms with Crippen LogP contribution in [0.15, 0.2) is 57.8 Å². The molecule has 2 aliphatic heterocycles.